The van der Waals surface area contributed by atoms with E-state index in [2.05, 4.69) is 21.2 Å². The fourth-order valence-corrected chi connectivity index (χ4v) is 8.04. The Labute approximate surface area is 260 Å². The molecule has 3 amide bonds. The number of benzene rings is 4. The van der Waals surface area contributed by atoms with Crippen LogP contribution in [0.5, 0.6) is 11.5 Å². The van der Waals surface area contributed by atoms with Gasteiger partial charge in [0, 0.05) is 10.2 Å². The fraction of sp³-hybridized carbons (Fsp3) is 0.182. The molecule has 42 heavy (non-hydrogen) atoms. The largest absolute Gasteiger partial charge is 0.457 e. The third-order valence-corrected chi connectivity index (χ3v) is 10.4. The summed E-state index contributed by atoms with van der Waals surface area (Å²) in [6.45, 7) is 1.54. The van der Waals surface area contributed by atoms with E-state index in [1.807, 2.05) is 72.8 Å². The van der Waals surface area contributed by atoms with Crippen molar-refractivity contribution >= 4 is 62.5 Å². The van der Waals surface area contributed by atoms with Crippen LogP contribution in [-0.4, -0.2) is 28.7 Å². The SMILES string of the molecule is C[C@H](C(=O)Nc1ccc(Oc2ccc(Br)cc2)cc1)N1C(=O)[C@@H]2[C@H](C1=O)C1(Cl)c3ccccc3C2(Cl)c2ccccc21. The molecule has 3 atom stereocenters. The average Bonchev–Trinajstić information content (AvgIpc) is 3.28. The molecule has 2 bridgehead atoms. The number of halogens is 3. The van der Waals surface area contributed by atoms with Gasteiger partial charge < -0.3 is 10.1 Å². The van der Waals surface area contributed by atoms with E-state index in [0.717, 1.165) is 9.37 Å². The molecule has 4 aromatic carbocycles. The number of nitrogens with zero attached hydrogens (tertiary/aromatic N) is 1. The summed E-state index contributed by atoms with van der Waals surface area (Å²) in [4.78, 5) is 40.1. The summed E-state index contributed by atoms with van der Waals surface area (Å²) < 4.78 is 6.79. The van der Waals surface area contributed by atoms with Crippen molar-refractivity contribution in [2.24, 2.45) is 11.8 Å². The molecule has 1 heterocycles. The zero-order valence-electron chi connectivity index (χ0n) is 22.2. The Morgan fingerprint density at radius 1 is 0.762 bits per heavy atom. The Kier molecular flexibility index (Phi) is 6.28. The van der Waals surface area contributed by atoms with Crippen LogP contribution in [0.2, 0.25) is 0 Å². The summed E-state index contributed by atoms with van der Waals surface area (Å²) in [5.74, 6) is -2.18. The van der Waals surface area contributed by atoms with E-state index in [1.165, 1.54) is 6.92 Å². The van der Waals surface area contributed by atoms with Gasteiger partial charge in [0.25, 0.3) is 0 Å². The molecule has 1 fully saturated rings. The quantitative estimate of drug-likeness (QED) is 0.182. The average molecular weight is 662 g/mol. The number of amides is 3. The van der Waals surface area contributed by atoms with Crippen LogP contribution in [0.4, 0.5) is 5.69 Å². The number of rotatable bonds is 5. The van der Waals surface area contributed by atoms with Crippen LogP contribution in [0.3, 0.4) is 0 Å². The lowest BCUT2D eigenvalue weighted by Crippen LogP contribution is -2.57. The molecule has 0 saturated carbocycles. The lowest BCUT2D eigenvalue weighted by Gasteiger charge is -2.54. The smallest absolute Gasteiger partial charge is 0.247 e. The van der Waals surface area contributed by atoms with E-state index in [4.69, 9.17) is 27.9 Å². The lowest BCUT2D eigenvalue weighted by molar-refractivity contribution is -0.146. The van der Waals surface area contributed by atoms with Crippen molar-refractivity contribution in [3.05, 3.63) is 124 Å². The van der Waals surface area contributed by atoms with Gasteiger partial charge in [0.1, 0.15) is 27.3 Å². The molecule has 6 nitrogen and oxygen atoms in total. The van der Waals surface area contributed by atoms with Crippen LogP contribution >= 0.6 is 39.1 Å². The van der Waals surface area contributed by atoms with Gasteiger partial charge in [-0.05, 0) is 77.7 Å². The first-order valence-electron chi connectivity index (χ1n) is 13.4. The first kappa shape index (κ1) is 27.2. The third-order valence-electron chi connectivity index (χ3n) is 8.56. The van der Waals surface area contributed by atoms with Gasteiger partial charge in [-0.1, -0.05) is 64.5 Å². The number of carbonyl (C=O) groups excluding carboxylic acids is 3. The zero-order valence-corrected chi connectivity index (χ0v) is 25.3. The highest BCUT2D eigenvalue weighted by atomic mass is 79.9. The number of nitrogens with one attached hydrogen (secondary N) is 1. The van der Waals surface area contributed by atoms with Crippen LogP contribution in [0.25, 0.3) is 0 Å². The topological polar surface area (TPSA) is 75.7 Å². The summed E-state index contributed by atoms with van der Waals surface area (Å²) in [6, 6.07) is 28.1. The minimum atomic E-state index is -1.29. The zero-order chi connectivity index (χ0) is 29.4. The fourth-order valence-electron chi connectivity index (χ4n) is 6.68. The normalized spacial score (nSPS) is 25.9. The van der Waals surface area contributed by atoms with E-state index in [-0.39, 0.29) is 0 Å². The second-order valence-electron chi connectivity index (χ2n) is 10.8. The Bertz CT molecular complexity index is 1650. The molecule has 8 rings (SSSR count). The van der Waals surface area contributed by atoms with Gasteiger partial charge in [0.15, 0.2) is 0 Å². The summed E-state index contributed by atoms with van der Waals surface area (Å²) >= 11 is 18.3. The highest BCUT2D eigenvalue weighted by Crippen LogP contribution is 2.69. The monoisotopic (exact) mass is 660 g/mol. The first-order valence-corrected chi connectivity index (χ1v) is 15.0. The van der Waals surface area contributed by atoms with Crippen LogP contribution < -0.4 is 10.1 Å². The number of hydrogen-bond acceptors (Lipinski definition) is 4. The number of hydrogen-bond donors (Lipinski definition) is 1. The van der Waals surface area contributed by atoms with Crippen molar-refractivity contribution in [2.75, 3.05) is 5.32 Å². The van der Waals surface area contributed by atoms with Crippen molar-refractivity contribution in [3.8, 4) is 11.5 Å². The van der Waals surface area contributed by atoms with Crippen molar-refractivity contribution in [2.45, 2.75) is 22.7 Å². The maximum atomic E-state index is 14.1. The van der Waals surface area contributed by atoms with Gasteiger partial charge >= 0.3 is 0 Å². The van der Waals surface area contributed by atoms with Gasteiger partial charge in [-0.15, -0.1) is 23.2 Å². The number of anilines is 1. The van der Waals surface area contributed by atoms with E-state index in [0.29, 0.717) is 39.4 Å². The molecule has 1 N–H and O–H groups in total. The Morgan fingerprint density at radius 3 is 1.60 bits per heavy atom. The van der Waals surface area contributed by atoms with E-state index < -0.39 is 45.3 Å². The van der Waals surface area contributed by atoms with Crippen LogP contribution in [0.15, 0.2) is 102 Å². The highest BCUT2D eigenvalue weighted by molar-refractivity contribution is 9.10. The van der Waals surface area contributed by atoms with Crippen molar-refractivity contribution in [1.82, 2.24) is 4.90 Å². The summed E-state index contributed by atoms with van der Waals surface area (Å²) in [5.41, 5.74) is 3.35. The second kappa shape index (κ2) is 9.69. The number of carbonyl (C=O) groups is 3. The Morgan fingerprint density at radius 2 is 1.17 bits per heavy atom. The molecule has 0 spiro atoms. The highest BCUT2D eigenvalue weighted by Gasteiger charge is 2.73. The first-order chi connectivity index (χ1) is 20.2. The van der Waals surface area contributed by atoms with Gasteiger partial charge in [0.05, 0.1) is 11.8 Å². The van der Waals surface area contributed by atoms with Crippen LogP contribution in [-0.2, 0) is 24.1 Å². The molecule has 0 unspecified atom stereocenters. The van der Waals surface area contributed by atoms with Crippen LogP contribution in [0.1, 0.15) is 29.2 Å². The third kappa shape index (κ3) is 3.73. The molecule has 1 aliphatic heterocycles. The standard InChI is InChI=1S/C33H23BrCl2N2O4/c1-18(29(39)37-20-12-16-22(17-13-20)42-21-14-10-19(34)11-15-21)38-30(40)27-28(31(38)41)33(36)24-7-3-2-6-23(24)32(27,35)25-8-4-5-9-26(25)33/h2-18,27-28H,1H3,(H,37,39)/t18-,27-,28+,32?,33?/m1/s1. The molecule has 0 aromatic heterocycles. The summed E-state index contributed by atoms with van der Waals surface area (Å²) in [6.07, 6.45) is 0. The van der Waals surface area contributed by atoms with E-state index >= 15 is 0 Å². The van der Waals surface area contributed by atoms with Gasteiger partial charge in [0.2, 0.25) is 17.7 Å². The number of alkyl halides is 2. The number of likely N-dealkylation sites (tertiary alicyclic amines) is 1. The molecule has 0 radical (unpaired) electrons. The summed E-state index contributed by atoms with van der Waals surface area (Å²) in [5, 5.41) is 2.82. The Hall–Kier alpha value is -3.65. The molecule has 1 saturated heterocycles. The van der Waals surface area contributed by atoms with Gasteiger partial charge in [-0.25, -0.2) is 0 Å². The predicted octanol–water partition coefficient (Wildman–Crippen LogP) is 7.16. The Balaban J connectivity index is 1.16. The molecule has 3 aliphatic carbocycles. The minimum absolute atomic E-state index is 0.494. The van der Waals surface area contributed by atoms with Crippen molar-refractivity contribution in [1.29, 1.82) is 0 Å². The van der Waals surface area contributed by atoms with Gasteiger partial charge in [-0.2, -0.15) is 0 Å². The van der Waals surface area contributed by atoms with E-state index in [1.54, 1.807) is 24.3 Å². The second-order valence-corrected chi connectivity index (χ2v) is 12.9. The molecular weight excluding hydrogens is 639 g/mol. The number of ether oxygens (including phenoxy) is 1. The molecule has 9 heteroatoms. The molecule has 4 aliphatic rings. The van der Waals surface area contributed by atoms with E-state index in [9.17, 15) is 14.4 Å². The van der Waals surface area contributed by atoms with Crippen LogP contribution in [0, 0.1) is 11.8 Å². The lowest BCUT2D eigenvalue weighted by atomic mass is 9.54. The predicted molar refractivity (Wildman–Crippen MR) is 164 cm³/mol. The van der Waals surface area contributed by atoms with Crippen molar-refractivity contribution in [3.63, 3.8) is 0 Å². The number of imide groups is 1. The molecule has 210 valence electrons. The maximum absolute atomic E-state index is 14.1. The maximum Gasteiger partial charge on any atom is 0.247 e. The summed E-state index contributed by atoms with van der Waals surface area (Å²) in [7, 11) is 0. The van der Waals surface area contributed by atoms with Crippen molar-refractivity contribution < 1.29 is 19.1 Å². The molecule has 4 aromatic rings. The van der Waals surface area contributed by atoms with Gasteiger partial charge in [-0.3, -0.25) is 19.3 Å². The molecular formula is C33H23BrCl2N2O4. The minimum Gasteiger partial charge on any atom is -0.457 e.